The van der Waals surface area contributed by atoms with Gasteiger partial charge < -0.3 is 4.74 Å². The van der Waals surface area contributed by atoms with Crippen molar-refractivity contribution in [1.29, 1.82) is 0 Å². The van der Waals surface area contributed by atoms with E-state index < -0.39 is 10.0 Å². The number of hydrogen-bond acceptors (Lipinski definition) is 4. The molecule has 0 saturated carbocycles. The molecule has 0 amide bonds. The van der Waals surface area contributed by atoms with Crippen molar-refractivity contribution in [2.24, 2.45) is 0 Å². The zero-order valence-corrected chi connectivity index (χ0v) is 14.8. The van der Waals surface area contributed by atoms with Gasteiger partial charge >= 0.3 is 0 Å². The van der Waals surface area contributed by atoms with E-state index in [-0.39, 0.29) is 23.6 Å². The summed E-state index contributed by atoms with van der Waals surface area (Å²) < 4.78 is 32.5. The number of anilines is 1. The molecule has 3 rings (SSSR count). The van der Waals surface area contributed by atoms with E-state index in [2.05, 4.69) is 0 Å². The molecule has 0 aliphatic carbocycles. The summed E-state index contributed by atoms with van der Waals surface area (Å²) in [7, 11) is -2.33. The second-order valence-corrected chi connectivity index (χ2v) is 7.81. The molecule has 5 nitrogen and oxygen atoms in total. The van der Waals surface area contributed by atoms with Crippen molar-refractivity contribution in [3.63, 3.8) is 0 Å². The highest BCUT2D eigenvalue weighted by Crippen LogP contribution is 2.35. The number of sulfonamides is 1. The highest BCUT2D eigenvalue weighted by atomic mass is 35.5. The third-order valence-corrected chi connectivity index (χ3v) is 6.26. The predicted molar refractivity (Wildman–Crippen MR) is 92.7 cm³/mol. The van der Waals surface area contributed by atoms with Crippen LogP contribution in [0.3, 0.4) is 0 Å². The maximum atomic E-state index is 13.0. The summed E-state index contributed by atoms with van der Waals surface area (Å²) in [5.74, 6) is 0.409. The molecule has 0 bridgehead atoms. The first-order valence-electron chi connectivity index (χ1n) is 7.34. The van der Waals surface area contributed by atoms with Crippen LogP contribution in [0.15, 0.2) is 41.3 Å². The zero-order chi connectivity index (χ0) is 17.5. The van der Waals surface area contributed by atoms with Crippen molar-refractivity contribution in [3.05, 3.63) is 52.5 Å². The predicted octanol–water partition coefficient (Wildman–Crippen LogP) is 3.44. The Morgan fingerprint density at radius 3 is 2.58 bits per heavy atom. The highest BCUT2D eigenvalue weighted by molar-refractivity contribution is 7.92. The fourth-order valence-electron chi connectivity index (χ4n) is 2.65. The molecule has 0 saturated heterocycles. The molecule has 0 spiro atoms. The number of nitrogens with zero attached hydrogens (tertiary/aromatic N) is 1. The maximum absolute atomic E-state index is 13.0. The first-order valence-corrected chi connectivity index (χ1v) is 9.16. The number of ketones is 1. The zero-order valence-electron chi connectivity index (χ0n) is 13.2. The lowest BCUT2D eigenvalue weighted by molar-refractivity contribution is 0.0982. The average molecular weight is 366 g/mol. The van der Waals surface area contributed by atoms with Gasteiger partial charge in [0, 0.05) is 29.6 Å². The fraction of sp³-hybridized carbons (Fsp3) is 0.235. The van der Waals surface area contributed by atoms with E-state index in [4.69, 9.17) is 16.3 Å². The lowest BCUT2D eigenvalue weighted by atomic mass is 10.0. The minimum atomic E-state index is -3.82. The maximum Gasteiger partial charge on any atom is 0.264 e. The van der Waals surface area contributed by atoms with E-state index in [1.54, 1.807) is 31.2 Å². The average Bonchev–Trinajstić information content (AvgIpc) is 2.56. The molecule has 1 heterocycles. The molecule has 0 radical (unpaired) electrons. The minimum Gasteiger partial charge on any atom is -0.497 e. The SMILES string of the molecule is COc1ccc2c(c1)N(S(=O)(=O)c1ccc(C)c(Cl)c1)CCC2=O. The number of benzene rings is 2. The van der Waals surface area contributed by atoms with Crippen LogP contribution in [-0.4, -0.2) is 27.9 Å². The Hall–Kier alpha value is -2.05. The van der Waals surface area contributed by atoms with Crippen molar-refractivity contribution in [2.45, 2.75) is 18.2 Å². The molecule has 0 fully saturated rings. The van der Waals surface area contributed by atoms with Gasteiger partial charge in [0.15, 0.2) is 5.78 Å². The number of ether oxygens (including phenoxy) is 1. The fourth-order valence-corrected chi connectivity index (χ4v) is 4.40. The first kappa shape index (κ1) is 16.8. The molecule has 24 heavy (non-hydrogen) atoms. The van der Waals surface area contributed by atoms with Gasteiger partial charge in [-0.05, 0) is 36.8 Å². The Morgan fingerprint density at radius 2 is 1.92 bits per heavy atom. The number of rotatable bonds is 3. The summed E-state index contributed by atoms with van der Waals surface area (Å²) in [6.07, 6.45) is 0.137. The monoisotopic (exact) mass is 365 g/mol. The molecular weight excluding hydrogens is 350 g/mol. The van der Waals surface area contributed by atoms with Crippen molar-refractivity contribution in [2.75, 3.05) is 18.0 Å². The molecule has 2 aromatic rings. The van der Waals surface area contributed by atoms with Gasteiger partial charge in [-0.3, -0.25) is 9.10 Å². The van der Waals surface area contributed by atoms with Crippen LogP contribution in [0.5, 0.6) is 5.75 Å². The molecule has 0 atom stereocenters. The Bertz CT molecular complexity index is 924. The van der Waals surface area contributed by atoms with Gasteiger partial charge in [0.05, 0.1) is 17.7 Å². The Morgan fingerprint density at radius 1 is 1.17 bits per heavy atom. The smallest absolute Gasteiger partial charge is 0.264 e. The third kappa shape index (κ3) is 2.76. The number of hydrogen-bond donors (Lipinski definition) is 0. The lowest BCUT2D eigenvalue weighted by Gasteiger charge is -2.30. The Kier molecular flexibility index (Phi) is 4.27. The number of halogens is 1. The summed E-state index contributed by atoms with van der Waals surface area (Å²) in [4.78, 5) is 12.2. The summed E-state index contributed by atoms with van der Waals surface area (Å²) in [5, 5.41) is 0.384. The van der Waals surface area contributed by atoms with Crippen LogP contribution in [0, 0.1) is 6.92 Å². The van der Waals surface area contributed by atoms with Gasteiger partial charge in [0.2, 0.25) is 0 Å². The molecule has 1 aliphatic heterocycles. The second-order valence-electron chi connectivity index (χ2n) is 5.54. The van der Waals surface area contributed by atoms with Crippen LogP contribution in [0.2, 0.25) is 5.02 Å². The first-order chi connectivity index (χ1) is 11.3. The molecule has 2 aromatic carbocycles. The molecular formula is C17H16ClNO4S. The van der Waals surface area contributed by atoms with Crippen LogP contribution < -0.4 is 9.04 Å². The quantitative estimate of drug-likeness (QED) is 0.835. The number of carbonyl (C=O) groups excluding carboxylic acids is 1. The van der Waals surface area contributed by atoms with Gasteiger partial charge in [-0.25, -0.2) is 8.42 Å². The topological polar surface area (TPSA) is 63.7 Å². The number of fused-ring (bicyclic) bond motifs is 1. The van der Waals surface area contributed by atoms with Crippen molar-refractivity contribution in [1.82, 2.24) is 0 Å². The van der Waals surface area contributed by atoms with E-state index in [1.807, 2.05) is 0 Å². The Labute approximate surface area is 145 Å². The van der Waals surface area contributed by atoms with Crippen LogP contribution in [0.25, 0.3) is 0 Å². The number of Topliss-reactive ketones (excluding diaryl/α,β-unsaturated/α-hetero) is 1. The van der Waals surface area contributed by atoms with E-state index in [0.29, 0.717) is 22.0 Å². The number of carbonyl (C=O) groups is 1. The van der Waals surface area contributed by atoms with Crippen LogP contribution >= 0.6 is 11.6 Å². The molecule has 0 aromatic heterocycles. The van der Waals surface area contributed by atoms with E-state index in [0.717, 1.165) is 5.56 Å². The second kappa shape index (κ2) is 6.11. The van der Waals surface area contributed by atoms with Crippen molar-refractivity contribution in [3.8, 4) is 5.75 Å². The van der Waals surface area contributed by atoms with E-state index in [9.17, 15) is 13.2 Å². The normalized spacial score (nSPS) is 14.5. The van der Waals surface area contributed by atoms with Crippen LogP contribution in [0.4, 0.5) is 5.69 Å². The summed E-state index contributed by atoms with van der Waals surface area (Å²) in [5.41, 5.74) is 1.51. The number of methoxy groups -OCH3 is 1. The Balaban J connectivity index is 2.14. The van der Waals surface area contributed by atoms with E-state index in [1.165, 1.54) is 23.5 Å². The van der Waals surface area contributed by atoms with Gasteiger partial charge in [-0.1, -0.05) is 17.7 Å². The molecule has 7 heteroatoms. The molecule has 0 N–H and O–H groups in total. The lowest BCUT2D eigenvalue weighted by Crippen LogP contribution is -2.37. The van der Waals surface area contributed by atoms with Gasteiger partial charge in [-0.2, -0.15) is 0 Å². The number of aryl methyl sites for hydroxylation is 1. The van der Waals surface area contributed by atoms with Crippen molar-refractivity contribution < 1.29 is 17.9 Å². The summed E-state index contributed by atoms with van der Waals surface area (Å²) >= 11 is 6.07. The van der Waals surface area contributed by atoms with Gasteiger partial charge in [-0.15, -0.1) is 0 Å². The molecule has 126 valence electrons. The summed E-state index contributed by atoms with van der Waals surface area (Å²) in [6.45, 7) is 1.89. The van der Waals surface area contributed by atoms with E-state index >= 15 is 0 Å². The molecule has 1 aliphatic rings. The van der Waals surface area contributed by atoms with Crippen LogP contribution in [-0.2, 0) is 10.0 Å². The van der Waals surface area contributed by atoms with Gasteiger partial charge in [0.25, 0.3) is 10.0 Å². The largest absolute Gasteiger partial charge is 0.497 e. The highest BCUT2D eigenvalue weighted by Gasteiger charge is 2.32. The standard InChI is InChI=1S/C17H16ClNO4S/c1-11-3-5-13(10-15(11)18)24(21,22)19-8-7-17(20)14-6-4-12(23-2)9-16(14)19/h3-6,9-10H,7-8H2,1-2H3. The van der Waals surface area contributed by atoms with Gasteiger partial charge in [0.1, 0.15) is 5.75 Å². The summed E-state index contributed by atoms with van der Waals surface area (Å²) in [6, 6.07) is 9.43. The minimum absolute atomic E-state index is 0.0824. The molecule has 0 unspecified atom stereocenters. The van der Waals surface area contributed by atoms with Crippen molar-refractivity contribution >= 4 is 33.1 Å². The van der Waals surface area contributed by atoms with Crippen LogP contribution in [0.1, 0.15) is 22.3 Å². The third-order valence-electron chi connectivity index (χ3n) is 4.05.